The molecule has 2 fully saturated rings. The highest BCUT2D eigenvalue weighted by molar-refractivity contribution is 5.39. The summed E-state index contributed by atoms with van der Waals surface area (Å²) in [6, 6.07) is 17.9. The number of benzene rings is 2. The zero-order chi connectivity index (χ0) is 25.0. The van der Waals surface area contributed by atoms with Crippen LogP contribution in [0, 0.1) is 23.7 Å². The van der Waals surface area contributed by atoms with E-state index in [1.807, 2.05) is 6.92 Å². The number of hydrogen-bond acceptors (Lipinski definition) is 1. The van der Waals surface area contributed by atoms with Gasteiger partial charge in [0, 0.05) is 5.56 Å². The summed E-state index contributed by atoms with van der Waals surface area (Å²) in [6.07, 6.45) is 20.7. The molecule has 1 heteroatoms. The van der Waals surface area contributed by atoms with Crippen LogP contribution in [0.25, 0.3) is 0 Å². The van der Waals surface area contributed by atoms with Crippen molar-refractivity contribution in [2.24, 2.45) is 11.8 Å². The summed E-state index contributed by atoms with van der Waals surface area (Å²) in [5, 5.41) is 0. The molecule has 4 rings (SSSR count). The standard InChI is InChI=1S/C35H46O/c1-3-5-6-9-28-12-18-31(19-13-28)32-20-14-29(15-21-32)10-7-8-11-30-16-22-33(23-17-30)34-24-26-35(27-25-34)36-4-2/h8,11,14-15,20-21,24-28,30-31,33H,3-6,9,12-13,16-19,22-23H2,1-2H3/b11-8+/t28-,30-,31-,33-. The zero-order valence-electron chi connectivity index (χ0n) is 22.7. The molecular weight excluding hydrogens is 436 g/mol. The van der Waals surface area contributed by atoms with Crippen molar-refractivity contribution in [2.75, 3.05) is 6.61 Å². The predicted molar refractivity (Wildman–Crippen MR) is 154 cm³/mol. The summed E-state index contributed by atoms with van der Waals surface area (Å²) in [5.74, 6) is 10.7. The third kappa shape index (κ3) is 8.03. The van der Waals surface area contributed by atoms with E-state index in [1.165, 1.54) is 88.2 Å². The molecule has 0 radical (unpaired) electrons. The van der Waals surface area contributed by atoms with Crippen LogP contribution in [0.3, 0.4) is 0 Å². The summed E-state index contributed by atoms with van der Waals surface area (Å²) < 4.78 is 5.58. The second-order valence-corrected chi connectivity index (χ2v) is 11.1. The molecule has 0 saturated heterocycles. The summed E-state index contributed by atoms with van der Waals surface area (Å²) in [6.45, 7) is 5.06. The summed E-state index contributed by atoms with van der Waals surface area (Å²) in [5.41, 5.74) is 4.12. The molecule has 0 N–H and O–H groups in total. The van der Waals surface area contributed by atoms with E-state index in [0.29, 0.717) is 11.8 Å². The van der Waals surface area contributed by atoms with Gasteiger partial charge in [0.25, 0.3) is 0 Å². The first-order chi connectivity index (χ1) is 17.7. The van der Waals surface area contributed by atoms with Gasteiger partial charge >= 0.3 is 0 Å². The fourth-order valence-electron chi connectivity index (χ4n) is 6.26. The van der Waals surface area contributed by atoms with Crippen LogP contribution in [-0.4, -0.2) is 6.61 Å². The lowest BCUT2D eigenvalue weighted by Gasteiger charge is -2.29. The Kier molecular flexibility index (Phi) is 10.6. The maximum atomic E-state index is 5.58. The Hall–Kier alpha value is -2.46. The molecular formula is C35H46O. The highest BCUT2D eigenvalue weighted by Gasteiger charge is 2.22. The number of rotatable bonds is 9. The molecule has 0 aromatic heterocycles. The lowest BCUT2D eigenvalue weighted by atomic mass is 9.77. The second kappa shape index (κ2) is 14.3. The quantitative estimate of drug-likeness (QED) is 0.255. The molecule has 2 saturated carbocycles. The van der Waals surface area contributed by atoms with Gasteiger partial charge in [-0.25, -0.2) is 0 Å². The Labute approximate surface area is 220 Å². The fraction of sp³-hybridized carbons (Fsp3) is 0.543. The Bertz CT molecular complexity index is 972. The molecule has 0 amide bonds. The Morgan fingerprint density at radius 1 is 0.750 bits per heavy atom. The van der Waals surface area contributed by atoms with E-state index in [9.17, 15) is 0 Å². The van der Waals surface area contributed by atoms with E-state index in [-0.39, 0.29) is 0 Å². The minimum Gasteiger partial charge on any atom is -0.494 e. The Morgan fingerprint density at radius 2 is 1.36 bits per heavy atom. The van der Waals surface area contributed by atoms with Crippen LogP contribution in [0.15, 0.2) is 60.7 Å². The van der Waals surface area contributed by atoms with E-state index < -0.39 is 0 Å². The maximum Gasteiger partial charge on any atom is 0.119 e. The van der Waals surface area contributed by atoms with E-state index >= 15 is 0 Å². The molecule has 2 aromatic rings. The van der Waals surface area contributed by atoms with Crippen LogP contribution in [0.5, 0.6) is 5.75 Å². The van der Waals surface area contributed by atoms with Gasteiger partial charge in [0.1, 0.15) is 5.75 Å². The highest BCUT2D eigenvalue weighted by Crippen LogP contribution is 2.38. The maximum absolute atomic E-state index is 5.58. The molecule has 2 aliphatic rings. The molecule has 0 bridgehead atoms. The van der Waals surface area contributed by atoms with Crippen LogP contribution in [0.2, 0.25) is 0 Å². The molecule has 0 heterocycles. The Morgan fingerprint density at radius 3 is 1.97 bits per heavy atom. The van der Waals surface area contributed by atoms with Crippen molar-refractivity contribution >= 4 is 0 Å². The average Bonchev–Trinajstić information content (AvgIpc) is 2.93. The van der Waals surface area contributed by atoms with Gasteiger partial charge < -0.3 is 4.74 Å². The zero-order valence-corrected chi connectivity index (χ0v) is 22.7. The largest absolute Gasteiger partial charge is 0.494 e. The minimum atomic E-state index is 0.665. The van der Waals surface area contributed by atoms with Gasteiger partial charge in [-0.15, -0.1) is 0 Å². The molecule has 36 heavy (non-hydrogen) atoms. The van der Waals surface area contributed by atoms with E-state index in [4.69, 9.17) is 4.74 Å². The highest BCUT2D eigenvalue weighted by atomic mass is 16.5. The smallest absolute Gasteiger partial charge is 0.119 e. The van der Waals surface area contributed by atoms with Gasteiger partial charge in [-0.2, -0.15) is 0 Å². The van der Waals surface area contributed by atoms with Gasteiger partial charge in [0.15, 0.2) is 0 Å². The van der Waals surface area contributed by atoms with Crippen LogP contribution >= 0.6 is 0 Å². The lowest BCUT2D eigenvalue weighted by Crippen LogP contribution is -2.13. The molecule has 0 spiro atoms. The molecule has 0 unspecified atom stereocenters. The van der Waals surface area contributed by atoms with Gasteiger partial charge in [-0.1, -0.05) is 74.8 Å². The fourth-order valence-corrected chi connectivity index (χ4v) is 6.26. The third-order valence-electron chi connectivity index (χ3n) is 8.55. The van der Waals surface area contributed by atoms with Crippen molar-refractivity contribution in [3.05, 3.63) is 77.4 Å². The van der Waals surface area contributed by atoms with Crippen molar-refractivity contribution in [3.63, 3.8) is 0 Å². The lowest BCUT2D eigenvalue weighted by molar-refractivity contribution is 0.303. The molecule has 2 aliphatic carbocycles. The molecule has 0 atom stereocenters. The average molecular weight is 483 g/mol. The molecule has 0 aliphatic heterocycles. The van der Waals surface area contributed by atoms with Crippen molar-refractivity contribution in [2.45, 2.75) is 103 Å². The topological polar surface area (TPSA) is 9.23 Å². The van der Waals surface area contributed by atoms with Crippen LogP contribution in [-0.2, 0) is 0 Å². The number of allylic oxidation sites excluding steroid dienone is 2. The van der Waals surface area contributed by atoms with Crippen LogP contribution < -0.4 is 4.74 Å². The summed E-state index contributed by atoms with van der Waals surface area (Å²) in [7, 11) is 0. The molecule has 192 valence electrons. The van der Waals surface area contributed by atoms with Crippen LogP contribution in [0.4, 0.5) is 0 Å². The van der Waals surface area contributed by atoms with E-state index in [1.54, 1.807) is 0 Å². The first kappa shape index (κ1) is 26.6. The number of hydrogen-bond donors (Lipinski definition) is 0. The summed E-state index contributed by atoms with van der Waals surface area (Å²) in [4.78, 5) is 0. The number of unbranched alkanes of at least 4 members (excludes halogenated alkanes) is 2. The SMILES string of the molecule is CCCCC[C@H]1CC[C@H](c2ccc(C#C/C=C/[C@H]3CC[C@H](c4ccc(OCC)cc4)CC3)cc2)CC1. The van der Waals surface area contributed by atoms with Crippen molar-refractivity contribution in [1.82, 2.24) is 0 Å². The normalized spacial score (nSPS) is 24.3. The molecule has 1 nitrogen and oxygen atoms in total. The van der Waals surface area contributed by atoms with Crippen molar-refractivity contribution in [3.8, 4) is 17.6 Å². The van der Waals surface area contributed by atoms with Gasteiger partial charge in [0.2, 0.25) is 0 Å². The van der Waals surface area contributed by atoms with Gasteiger partial charge in [-0.05, 0) is 123 Å². The first-order valence-electron chi connectivity index (χ1n) is 14.8. The third-order valence-corrected chi connectivity index (χ3v) is 8.55. The van der Waals surface area contributed by atoms with Gasteiger partial charge in [-0.3, -0.25) is 0 Å². The second-order valence-electron chi connectivity index (χ2n) is 11.1. The molecule has 2 aromatic carbocycles. The van der Waals surface area contributed by atoms with E-state index in [2.05, 4.69) is 79.4 Å². The van der Waals surface area contributed by atoms with Gasteiger partial charge in [0.05, 0.1) is 6.61 Å². The van der Waals surface area contributed by atoms with Crippen molar-refractivity contribution < 1.29 is 4.74 Å². The minimum absolute atomic E-state index is 0.665. The first-order valence-corrected chi connectivity index (χ1v) is 14.8. The Balaban J connectivity index is 1.18. The summed E-state index contributed by atoms with van der Waals surface area (Å²) >= 11 is 0. The van der Waals surface area contributed by atoms with E-state index in [0.717, 1.165) is 29.8 Å². The monoisotopic (exact) mass is 482 g/mol. The van der Waals surface area contributed by atoms with Crippen LogP contribution in [0.1, 0.15) is 119 Å². The number of ether oxygens (including phenoxy) is 1. The predicted octanol–water partition coefficient (Wildman–Crippen LogP) is 9.82. The van der Waals surface area contributed by atoms with Crippen molar-refractivity contribution in [1.29, 1.82) is 0 Å².